The minimum atomic E-state index is 0.815. The van der Waals surface area contributed by atoms with Gasteiger partial charge in [0.15, 0.2) is 5.58 Å². The van der Waals surface area contributed by atoms with Gasteiger partial charge in [-0.3, -0.25) is 0 Å². The molecule has 0 unspecified atom stereocenters. The Balaban J connectivity index is 1.37. The van der Waals surface area contributed by atoms with Crippen LogP contribution in [-0.2, 0) is 0 Å². The normalized spacial score (nSPS) is 12.5. The lowest BCUT2D eigenvalue weighted by Crippen LogP contribution is -2.11. The molecule has 0 saturated heterocycles. The number of hydrogen-bond donors (Lipinski definition) is 0. The van der Waals surface area contributed by atoms with Crippen LogP contribution in [0.4, 0.5) is 17.1 Å². The van der Waals surface area contributed by atoms with Crippen LogP contribution in [-0.4, -0.2) is 0 Å². The van der Waals surface area contributed by atoms with E-state index in [1.165, 1.54) is 0 Å². The summed E-state index contributed by atoms with van der Waals surface area (Å²) in [7, 11) is 0. The van der Waals surface area contributed by atoms with E-state index in [9.17, 15) is 0 Å². The summed E-state index contributed by atoms with van der Waals surface area (Å²) < 4.78 is 13.3. The highest BCUT2D eigenvalue weighted by Crippen LogP contribution is 2.49. The molecule has 210 valence electrons. The molecule has 0 saturated carbocycles. The van der Waals surface area contributed by atoms with Crippen molar-refractivity contribution in [2.75, 3.05) is 4.90 Å². The molecule has 0 bridgehead atoms. The Morgan fingerprint density at radius 3 is 1.98 bits per heavy atom. The van der Waals surface area contributed by atoms with Crippen LogP contribution < -0.4 is 4.90 Å². The van der Waals surface area contributed by atoms with E-state index in [-0.39, 0.29) is 0 Å². The van der Waals surface area contributed by atoms with Gasteiger partial charge < -0.3 is 13.7 Å². The number of hydrogen-bond acceptors (Lipinski definition) is 3. The quantitative estimate of drug-likeness (QED) is 0.191. The fourth-order valence-electron chi connectivity index (χ4n) is 6.52. The summed E-state index contributed by atoms with van der Waals surface area (Å²) >= 11 is 0. The van der Waals surface area contributed by atoms with Crippen molar-refractivity contribution in [2.45, 2.75) is 0 Å². The first-order valence-corrected chi connectivity index (χ1v) is 15.0. The van der Waals surface area contributed by atoms with Crippen LogP contribution >= 0.6 is 0 Å². The Hall–Kier alpha value is -6.24. The average Bonchev–Trinajstić information content (AvgIpc) is 3.68. The van der Waals surface area contributed by atoms with Gasteiger partial charge in [0, 0.05) is 38.9 Å². The van der Waals surface area contributed by atoms with Crippen molar-refractivity contribution in [1.82, 2.24) is 0 Å². The van der Waals surface area contributed by atoms with Gasteiger partial charge in [0.1, 0.15) is 16.7 Å². The zero-order valence-corrected chi connectivity index (χ0v) is 24.2. The lowest BCUT2D eigenvalue weighted by atomic mass is 9.99. The standard InChI is InChI=1S/C42H25NO2/c1-3-13-28(14-4-1)29-23-25-31(26-24-29)43(35-20-10-7-17-32(35)30-15-5-2-6-16-30)36-27-39-40(33-18-8-11-21-37(33)44-39)41-34-19-9-12-22-38(34)45-42(36)41/h2-3,5-27H. The van der Waals surface area contributed by atoms with Gasteiger partial charge in [0.2, 0.25) is 0 Å². The van der Waals surface area contributed by atoms with Crippen LogP contribution in [0.15, 0.2) is 172 Å². The van der Waals surface area contributed by atoms with Crippen LogP contribution in [0.2, 0.25) is 0 Å². The SMILES string of the molecule is C1=C=CC(c2ccc(N(c3ccccc3-c3ccccc3)c3cc4oc5ccccc5c4c4c3oc3ccccc34)cc2)=CC=1. The molecule has 3 nitrogen and oxygen atoms in total. The van der Waals surface area contributed by atoms with E-state index in [0.717, 1.165) is 83.2 Å². The highest BCUT2D eigenvalue weighted by atomic mass is 16.3. The first kappa shape index (κ1) is 25.3. The summed E-state index contributed by atoms with van der Waals surface area (Å²) in [6.45, 7) is 0. The molecule has 2 aromatic heterocycles. The Bertz CT molecular complexity index is 2550. The van der Waals surface area contributed by atoms with Gasteiger partial charge in [-0.25, -0.2) is 0 Å². The summed E-state index contributed by atoms with van der Waals surface area (Å²) in [5, 5.41) is 4.26. The average molecular weight is 576 g/mol. The highest BCUT2D eigenvalue weighted by molar-refractivity contribution is 6.28. The molecular weight excluding hydrogens is 550 g/mol. The van der Waals surface area contributed by atoms with Crippen LogP contribution in [0, 0.1) is 0 Å². The predicted molar refractivity (Wildman–Crippen MR) is 185 cm³/mol. The van der Waals surface area contributed by atoms with E-state index in [1.54, 1.807) is 0 Å². The molecule has 2 heterocycles. The van der Waals surface area contributed by atoms with E-state index in [2.05, 4.69) is 132 Å². The zero-order chi connectivity index (χ0) is 29.7. The molecule has 6 aromatic carbocycles. The van der Waals surface area contributed by atoms with Gasteiger partial charge in [-0.15, -0.1) is 0 Å². The summed E-state index contributed by atoms with van der Waals surface area (Å²) in [6.07, 6.45) is 5.92. The molecule has 8 aromatic rings. The van der Waals surface area contributed by atoms with Gasteiger partial charge in [0.25, 0.3) is 0 Å². The van der Waals surface area contributed by atoms with Crippen molar-refractivity contribution in [3.63, 3.8) is 0 Å². The minimum absolute atomic E-state index is 0.815. The zero-order valence-electron chi connectivity index (χ0n) is 24.2. The van der Waals surface area contributed by atoms with Crippen LogP contribution in [0.25, 0.3) is 60.6 Å². The minimum Gasteiger partial charge on any atom is -0.456 e. The van der Waals surface area contributed by atoms with Gasteiger partial charge >= 0.3 is 0 Å². The first-order chi connectivity index (χ1) is 22.3. The monoisotopic (exact) mass is 575 g/mol. The van der Waals surface area contributed by atoms with Crippen LogP contribution in [0.5, 0.6) is 0 Å². The molecular formula is C42H25NO2. The Kier molecular flexibility index (Phi) is 5.72. The third-order valence-corrected chi connectivity index (χ3v) is 8.56. The number of allylic oxidation sites excluding steroid dienone is 4. The second-order valence-electron chi connectivity index (χ2n) is 11.2. The molecule has 45 heavy (non-hydrogen) atoms. The summed E-state index contributed by atoms with van der Waals surface area (Å²) in [6, 6.07) is 46.4. The summed E-state index contributed by atoms with van der Waals surface area (Å²) in [5.74, 6) is 0. The predicted octanol–water partition coefficient (Wildman–Crippen LogP) is 11.9. The molecule has 0 aliphatic heterocycles. The van der Waals surface area contributed by atoms with E-state index >= 15 is 0 Å². The number of rotatable bonds is 5. The smallest absolute Gasteiger partial charge is 0.160 e. The second kappa shape index (κ2) is 10.2. The van der Waals surface area contributed by atoms with Crippen molar-refractivity contribution in [2.24, 2.45) is 0 Å². The molecule has 0 spiro atoms. The Morgan fingerprint density at radius 1 is 0.511 bits per heavy atom. The van der Waals surface area contributed by atoms with Gasteiger partial charge in [-0.05, 0) is 65.3 Å². The molecule has 1 aliphatic rings. The number of nitrogens with zero attached hydrogens (tertiary/aromatic N) is 1. The molecule has 0 atom stereocenters. The van der Waals surface area contributed by atoms with Gasteiger partial charge in [-0.1, -0.05) is 109 Å². The van der Waals surface area contributed by atoms with E-state index in [4.69, 9.17) is 8.83 Å². The van der Waals surface area contributed by atoms with Crippen LogP contribution in [0.1, 0.15) is 5.56 Å². The van der Waals surface area contributed by atoms with Crippen molar-refractivity contribution in [3.05, 3.63) is 169 Å². The maximum absolute atomic E-state index is 6.78. The molecule has 3 heteroatoms. The number of anilines is 3. The lowest BCUT2D eigenvalue weighted by molar-refractivity contribution is 0.663. The summed E-state index contributed by atoms with van der Waals surface area (Å²) in [4.78, 5) is 2.30. The van der Waals surface area contributed by atoms with Crippen molar-refractivity contribution < 1.29 is 8.83 Å². The van der Waals surface area contributed by atoms with Gasteiger partial charge in [0.05, 0.1) is 11.4 Å². The number of fused-ring (bicyclic) bond motifs is 7. The van der Waals surface area contributed by atoms with Crippen molar-refractivity contribution in [1.29, 1.82) is 0 Å². The molecule has 0 fully saturated rings. The molecule has 0 radical (unpaired) electrons. The lowest BCUT2D eigenvalue weighted by Gasteiger charge is -2.28. The van der Waals surface area contributed by atoms with E-state index in [1.807, 2.05) is 36.4 Å². The maximum atomic E-state index is 6.78. The Morgan fingerprint density at radius 2 is 1.20 bits per heavy atom. The number of furan rings is 2. The third-order valence-electron chi connectivity index (χ3n) is 8.56. The molecule has 0 amide bonds. The largest absolute Gasteiger partial charge is 0.456 e. The van der Waals surface area contributed by atoms with E-state index < -0.39 is 0 Å². The Labute approximate surface area is 259 Å². The second-order valence-corrected chi connectivity index (χ2v) is 11.2. The highest BCUT2D eigenvalue weighted by Gasteiger charge is 2.26. The first-order valence-electron chi connectivity index (χ1n) is 15.0. The topological polar surface area (TPSA) is 29.5 Å². The molecule has 0 N–H and O–H groups in total. The summed E-state index contributed by atoms with van der Waals surface area (Å²) in [5.41, 5.74) is 16.8. The number of para-hydroxylation sites is 3. The fourth-order valence-corrected chi connectivity index (χ4v) is 6.52. The molecule has 1 aliphatic carbocycles. The fraction of sp³-hybridized carbons (Fsp3) is 0. The van der Waals surface area contributed by atoms with Crippen molar-refractivity contribution in [3.8, 4) is 11.1 Å². The van der Waals surface area contributed by atoms with Gasteiger partial charge in [-0.2, -0.15) is 0 Å². The molecule has 9 rings (SSSR count). The number of benzene rings is 6. The maximum Gasteiger partial charge on any atom is 0.160 e. The van der Waals surface area contributed by atoms with E-state index in [0.29, 0.717) is 0 Å². The van der Waals surface area contributed by atoms with Crippen LogP contribution in [0.3, 0.4) is 0 Å². The third kappa shape index (κ3) is 4.08. The van der Waals surface area contributed by atoms with Crippen molar-refractivity contribution >= 4 is 66.5 Å².